The van der Waals surface area contributed by atoms with Crippen molar-refractivity contribution < 1.29 is 0 Å². The molecule has 3 heteroatoms. The monoisotopic (exact) mass is 296 g/mol. The first-order valence-electron chi connectivity index (χ1n) is 6.87. The molecule has 0 radical (unpaired) electrons. The Morgan fingerprint density at radius 2 is 1.67 bits per heavy atom. The Morgan fingerprint density at radius 1 is 0.952 bits per heavy atom. The van der Waals surface area contributed by atoms with E-state index in [2.05, 4.69) is 25.1 Å². The van der Waals surface area contributed by atoms with Gasteiger partial charge in [0.05, 0.1) is 0 Å². The van der Waals surface area contributed by atoms with Crippen molar-refractivity contribution in [1.82, 2.24) is 0 Å². The van der Waals surface area contributed by atoms with Gasteiger partial charge >= 0.3 is 0 Å². The molecule has 0 unspecified atom stereocenters. The van der Waals surface area contributed by atoms with E-state index in [4.69, 9.17) is 23.1 Å². The average Bonchev–Trinajstić information content (AvgIpc) is 2.47. The van der Waals surface area contributed by atoms with E-state index >= 15 is 0 Å². The number of halogens is 1. The molecule has 0 aliphatic heterocycles. The second-order valence-corrected chi connectivity index (χ2v) is 5.69. The first-order valence-corrected chi connectivity index (χ1v) is 7.25. The zero-order chi connectivity index (χ0) is 15.0. The van der Waals surface area contributed by atoms with Crippen molar-refractivity contribution in [2.75, 3.05) is 5.73 Å². The van der Waals surface area contributed by atoms with Crippen molar-refractivity contribution in [1.29, 1.82) is 0 Å². The van der Waals surface area contributed by atoms with Gasteiger partial charge in [0.15, 0.2) is 0 Å². The van der Waals surface area contributed by atoms with Crippen molar-refractivity contribution in [3.63, 3.8) is 0 Å². The maximum absolute atomic E-state index is 6.12. The Hall–Kier alpha value is -2.03. The average molecular weight is 297 g/mol. The zero-order valence-corrected chi connectivity index (χ0v) is 12.6. The van der Waals surface area contributed by atoms with E-state index in [0.717, 1.165) is 27.8 Å². The molecule has 0 atom stereocenters. The van der Waals surface area contributed by atoms with Gasteiger partial charge in [0.1, 0.15) is 0 Å². The largest absolute Gasteiger partial charge is 0.399 e. The summed E-state index contributed by atoms with van der Waals surface area (Å²) in [6.07, 6.45) is 0. The maximum atomic E-state index is 6.12. The second kappa shape index (κ2) is 5.40. The highest BCUT2D eigenvalue weighted by molar-refractivity contribution is 6.31. The summed E-state index contributed by atoms with van der Waals surface area (Å²) >= 11 is 6.12. The highest BCUT2D eigenvalue weighted by Gasteiger charge is 2.05. The molecular weight excluding hydrogens is 280 g/mol. The number of hydrogen-bond donors (Lipinski definition) is 2. The summed E-state index contributed by atoms with van der Waals surface area (Å²) in [7, 11) is 0. The Morgan fingerprint density at radius 3 is 2.43 bits per heavy atom. The topological polar surface area (TPSA) is 52.0 Å². The summed E-state index contributed by atoms with van der Waals surface area (Å²) < 4.78 is 0. The predicted molar refractivity (Wildman–Crippen MR) is 91.4 cm³/mol. The van der Waals surface area contributed by atoms with Gasteiger partial charge in [0, 0.05) is 17.3 Å². The molecule has 4 N–H and O–H groups in total. The summed E-state index contributed by atoms with van der Waals surface area (Å²) in [5, 5.41) is 3.08. The minimum atomic E-state index is 0.437. The molecule has 0 amide bonds. The number of nitrogen functional groups attached to an aromatic ring is 1. The van der Waals surface area contributed by atoms with Crippen molar-refractivity contribution in [3.05, 3.63) is 64.7 Å². The molecular formula is C18H17ClN2. The summed E-state index contributed by atoms with van der Waals surface area (Å²) in [4.78, 5) is 0. The van der Waals surface area contributed by atoms with Gasteiger partial charge in [-0.25, -0.2) is 0 Å². The van der Waals surface area contributed by atoms with Crippen LogP contribution in [0.5, 0.6) is 0 Å². The molecule has 0 saturated carbocycles. The zero-order valence-electron chi connectivity index (χ0n) is 11.9. The van der Waals surface area contributed by atoms with Gasteiger partial charge in [0.2, 0.25) is 0 Å². The lowest BCUT2D eigenvalue weighted by Gasteiger charge is -2.09. The molecule has 0 aromatic heterocycles. The van der Waals surface area contributed by atoms with E-state index in [-0.39, 0.29) is 0 Å². The lowest BCUT2D eigenvalue weighted by Crippen LogP contribution is -1.97. The molecule has 21 heavy (non-hydrogen) atoms. The van der Waals surface area contributed by atoms with Crippen molar-refractivity contribution >= 4 is 28.1 Å². The molecule has 106 valence electrons. The second-order valence-electron chi connectivity index (χ2n) is 5.28. The number of rotatable bonds is 2. The third-order valence-electron chi connectivity index (χ3n) is 3.78. The Labute approximate surface area is 129 Å². The number of fused-ring (bicyclic) bond motifs is 1. The lowest BCUT2D eigenvalue weighted by atomic mass is 9.97. The molecule has 3 aromatic rings. The normalized spacial score (nSPS) is 11.0. The summed E-state index contributed by atoms with van der Waals surface area (Å²) in [6.45, 7) is 2.51. The molecule has 3 aromatic carbocycles. The first-order chi connectivity index (χ1) is 10.1. The van der Waals surface area contributed by atoms with Crippen molar-refractivity contribution in [2.45, 2.75) is 13.5 Å². The Kier molecular flexibility index (Phi) is 3.58. The van der Waals surface area contributed by atoms with E-state index in [9.17, 15) is 0 Å². The van der Waals surface area contributed by atoms with Crippen LogP contribution in [0.15, 0.2) is 48.5 Å². The molecule has 3 rings (SSSR count). The number of benzene rings is 3. The van der Waals surface area contributed by atoms with Crippen LogP contribution in [-0.2, 0) is 6.54 Å². The smallest absolute Gasteiger partial charge is 0.0451 e. The fraction of sp³-hybridized carbons (Fsp3) is 0.111. The van der Waals surface area contributed by atoms with E-state index < -0.39 is 0 Å². The molecule has 0 saturated heterocycles. The van der Waals surface area contributed by atoms with Gasteiger partial charge in [-0.05, 0) is 70.3 Å². The van der Waals surface area contributed by atoms with E-state index in [1.807, 2.05) is 30.3 Å². The third kappa shape index (κ3) is 2.60. The van der Waals surface area contributed by atoms with Gasteiger partial charge in [-0.3, -0.25) is 0 Å². The van der Waals surface area contributed by atoms with Gasteiger partial charge < -0.3 is 11.5 Å². The third-order valence-corrected chi connectivity index (χ3v) is 4.15. The van der Waals surface area contributed by atoms with Crippen LogP contribution in [0.4, 0.5) is 5.69 Å². The number of aryl methyl sites for hydroxylation is 1. The summed E-state index contributed by atoms with van der Waals surface area (Å²) in [5.74, 6) is 0. The maximum Gasteiger partial charge on any atom is 0.0451 e. The molecule has 2 nitrogen and oxygen atoms in total. The van der Waals surface area contributed by atoms with Crippen molar-refractivity contribution in [3.8, 4) is 11.1 Å². The highest BCUT2D eigenvalue weighted by Crippen LogP contribution is 2.30. The predicted octanol–water partition coefficient (Wildman–Crippen LogP) is 4.51. The first kappa shape index (κ1) is 13.9. The highest BCUT2D eigenvalue weighted by atomic mass is 35.5. The van der Waals surface area contributed by atoms with E-state index in [1.54, 1.807) is 0 Å². The summed E-state index contributed by atoms with van der Waals surface area (Å²) in [5.41, 5.74) is 16.9. The van der Waals surface area contributed by atoms with Crippen LogP contribution in [0.3, 0.4) is 0 Å². The minimum Gasteiger partial charge on any atom is -0.399 e. The van der Waals surface area contributed by atoms with Gasteiger partial charge in [-0.2, -0.15) is 0 Å². The van der Waals surface area contributed by atoms with E-state index in [0.29, 0.717) is 11.6 Å². The molecule has 0 fully saturated rings. The van der Waals surface area contributed by atoms with Gasteiger partial charge in [-0.15, -0.1) is 0 Å². The van der Waals surface area contributed by atoms with Crippen LogP contribution >= 0.6 is 11.6 Å². The molecule has 0 aliphatic carbocycles. The van der Waals surface area contributed by atoms with Crippen LogP contribution in [0.1, 0.15) is 11.1 Å². The van der Waals surface area contributed by atoms with Crippen LogP contribution in [-0.4, -0.2) is 0 Å². The summed E-state index contributed by atoms with van der Waals surface area (Å²) in [6, 6.07) is 16.4. The van der Waals surface area contributed by atoms with E-state index in [1.165, 1.54) is 10.9 Å². The minimum absolute atomic E-state index is 0.437. The SMILES string of the molecule is Cc1cc(N)cc2cc(-c3ccc(Cl)c(CN)c3)ccc12. The molecule has 0 heterocycles. The lowest BCUT2D eigenvalue weighted by molar-refractivity contribution is 1.07. The molecule has 0 spiro atoms. The van der Waals surface area contributed by atoms with Gasteiger partial charge in [-0.1, -0.05) is 29.8 Å². The van der Waals surface area contributed by atoms with Gasteiger partial charge in [0.25, 0.3) is 0 Å². The standard InChI is InChI=1S/C18H17ClN2/c1-11-6-16(21)9-14-7-12(2-4-17(11)14)13-3-5-18(19)15(8-13)10-20/h2-9H,10,20-21H2,1H3. The quantitative estimate of drug-likeness (QED) is 0.684. The number of hydrogen-bond acceptors (Lipinski definition) is 2. The Bertz CT molecular complexity index is 825. The fourth-order valence-electron chi connectivity index (χ4n) is 2.68. The van der Waals surface area contributed by atoms with Crippen LogP contribution in [0, 0.1) is 6.92 Å². The Balaban J connectivity index is 2.17. The van der Waals surface area contributed by atoms with Crippen LogP contribution in [0.2, 0.25) is 5.02 Å². The number of anilines is 1. The van der Waals surface area contributed by atoms with Crippen molar-refractivity contribution in [2.24, 2.45) is 5.73 Å². The molecule has 0 bridgehead atoms. The fourth-order valence-corrected chi connectivity index (χ4v) is 2.88. The van der Waals surface area contributed by atoms with Crippen LogP contribution < -0.4 is 11.5 Å². The van der Waals surface area contributed by atoms with Crippen LogP contribution in [0.25, 0.3) is 21.9 Å². The molecule has 0 aliphatic rings. The number of nitrogens with two attached hydrogens (primary N) is 2.